The molecule has 2 aromatic rings. The second-order valence-corrected chi connectivity index (χ2v) is 8.09. The summed E-state index contributed by atoms with van der Waals surface area (Å²) in [5.74, 6) is -1.84. The van der Waals surface area contributed by atoms with Gasteiger partial charge in [0.05, 0.1) is 16.2 Å². The fourth-order valence-corrected chi connectivity index (χ4v) is 4.12. The number of para-hydroxylation sites is 1. The van der Waals surface area contributed by atoms with Gasteiger partial charge in [-0.25, -0.2) is 4.79 Å². The van der Waals surface area contributed by atoms with Gasteiger partial charge in [-0.15, -0.1) is 0 Å². The molecule has 1 saturated heterocycles. The Hall–Kier alpha value is -2.68. The number of rotatable bonds is 6. The van der Waals surface area contributed by atoms with Crippen molar-refractivity contribution in [2.75, 3.05) is 11.9 Å². The molecule has 2 aromatic carbocycles. The van der Waals surface area contributed by atoms with Gasteiger partial charge in [0.15, 0.2) is 0 Å². The van der Waals surface area contributed by atoms with Crippen LogP contribution in [0.4, 0.5) is 5.69 Å². The molecule has 1 fully saturated rings. The molecule has 0 saturated carbocycles. The first-order valence-corrected chi connectivity index (χ1v) is 10.1. The number of thioether (sulfide) groups is 1. The van der Waals surface area contributed by atoms with E-state index in [0.717, 1.165) is 11.8 Å². The summed E-state index contributed by atoms with van der Waals surface area (Å²) in [5, 5.41) is 12.3. The lowest BCUT2D eigenvalue weighted by Crippen LogP contribution is -2.31. The largest absolute Gasteiger partial charge is 0.478 e. The maximum atomic E-state index is 12.6. The van der Waals surface area contributed by atoms with Gasteiger partial charge in [0.1, 0.15) is 4.32 Å². The van der Waals surface area contributed by atoms with Gasteiger partial charge in [0.25, 0.3) is 5.91 Å². The fraction of sp³-hybridized carbons (Fsp3) is 0.100. The summed E-state index contributed by atoms with van der Waals surface area (Å²) in [5.41, 5.74) is 0.904. The van der Waals surface area contributed by atoms with Crippen LogP contribution in [0.3, 0.4) is 0 Å². The molecule has 2 amide bonds. The zero-order valence-electron chi connectivity index (χ0n) is 14.9. The summed E-state index contributed by atoms with van der Waals surface area (Å²) >= 11 is 12.5. The number of halogens is 1. The SMILES string of the molecule is O=C(CCN1C(=O)/C(=C/c2ccccc2Cl)SC1=S)Nc1ccccc1C(=O)O. The van der Waals surface area contributed by atoms with Gasteiger partial charge >= 0.3 is 5.97 Å². The lowest BCUT2D eigenvalue weighted by Gasteiger charge is -2.14. The summed E-state index contributed by atoms with van der Waals surface area (Å²) in [4.78, 5) is 37.9. The lowest BCUT2D eigenvalue weighted by atomic mass is 10.1. The summed E-state index contributed by atoms with van der Waals surface area (Å²) < 4.78 is 0.354. The maximum Gasteiger partial charge on any atom is 0.337 e. The number of nitrogens with one attached hydrogen (secondary N) is 1. The summed E-state index contributed by atoms with van der Waals surface area (Å²) in [6.45, 7) is 0.0889. The molecule has 29 heavy (non-hydrogen) atoms. The molecule has 0 aliphatic carbocycles. The molecule has 0 aromatic heterocycles. The highest BCUT2D eigenvalue weighted by atomic mass is 35.5. The topological polar surface area (TPSA) is 86.7 Å². The third kappa shape index (κ3) is 5.03. The van der Waals surface area contributed by atoms with Gasteiger partial charge in [-0.2, -0.15) is 0 Å². The first kappa shape index (κ1) is 21.0. The van der Waals surface area contributed by atoms with E-state index in [9.17, 15) is 19.5 Å². The predicted octanol–water partition coefficient (Wildman–Crippen LogP) is 4.27. The minimum Gasteiger partial charge on any atom is -0.478 e. The minimum atomic E-state index is -1.14. The lowest BCUT2D eigenvalue weighted by molar-refractivity contribution is -0.122. The van der Waals surface area contributed by atoms with Crippen LogP contribution in [-0.2, 0) is 9.59 Å². The van der Waals surface area contributed by atoms with Gasteiger partial charge in [-0.05, 0) is 29.8 Å². The van der Waals surface area contributed by atoms with Gasteiger partial charge in [0.2, 0.25) is 5.91 Å². The first-order valence-electron chi connectivity index (χ1n) is 8.49. The number of benzene rings is 2. The summed E-state index contributed by atoms with van der Waals surface area (Å²) in [6.07, 6.45) is 1.64. The quantitative estimate of drug-likeness (QED) is 0.509. The van der Waals surface area contributed by atoms with Crippen molar-refractivity contribution in [3.8, 4) is 0 Å². The molecular weight excluding hydrogens is 432 g/mol. The van der Waals surface area contributed by atoms with Crippen molar-refractivity contribution in [3.63, 3.8) is 0 Å². The highest BCUT2D eigenvalue weighted by Crippen LogP contribution is 2.33. The molecule has 3 rings (SSSR count). The maximum absolute atomic E-state index is 12.6. The molecule has 0 radical (unpaired) electrons. The number of nitrogens with zero attached hydrogens (tertiary/aromatic N) is 1. The first-order chi connectivity index (χ1) is 13.9. The number of carboxylic acid groups (broad SMARTS) is 1. The number of thiocarbonyl (C=S) groups is 1. The van der Waals surface area contributed by atoms with Crippen molar-refractivity contribution in [2.24, 2.45) is 0 Å². The Morgan fingerprint density at radius 1 is 1.17 bits per heavy atom. The van der Waals surface area contributed by atoms with Crippen molar-refractivity contribution in [3.05, 3.63) is 69.6 Å². The van der Waals surface area contributed by atoms with E-state index in [1.54, 1.807) is 36.4 Å². The molecule has 0 bridgehead atoms. The van der Waals surface area contributed by atoms with Crippen LogP contribution >= 0.6 is 35.6 Å². The molecule has 9 heteroatoms. The molecule has 0 atom stereocenters. The summed E-state index contributed by atoms with van der Waals surface area (Å²) in [7, 11) is 0. The Kier molecular flexibility index (Phi) is 6.68. The summed E-state index contributed by atoms with van der Waals surface area (Å²) in [6, 6.07) is 13.3. The second-order valence-electron chi connectivity index (χ2n) is 6.00. The molecule has 2 N–H and O–H groups in total. The third-order valence-electron chi connectivity index (χ3n) is 4.06. The van der Waals surface area contributed by atoms with Crippen LogP contribution in [-0.4, -0.2) is 38.7 Å². The average Bonchev–Trinajstić information content (AvgIpc) is 2.95. The number of hydrogen-bond acceptors (Lipinski definition) is 5. The van der Waals surface area contributed by atoms with Crippen molar-refractivity contribution in [1.29, 1.82) is 0 Å². The number of carbonyl (C=O) groups is 3. The van der Waals surface area contributed by atoms with Gasteiger partial charge in [-0.1, -0.05) is 65.9 Å². The number of aromatic carboxylic acids is 1. The van der Waals surface area contributed by atoms with Gasteiger partial charge in [0, 0.05) is 18.0 Å². The van der Waals surface area contributed by atoms with E-state index in [1.165, 1.54) is 17.0 Å². The van der Waals surface area contributed by atoms with Crippen LogP contribution in [0.5, 0.6) is 0 Å². The standard InChI is InChI=1S/C20H15ClN2O4S2/c21-14-7-3-1-5-12(14)11-16-18(25)23(20(28)29-16)10-9-17(24)22-15-8-4-2-6-13(15)19(26)27/h1-8,11H,9-10H2,(H,22,24)(H,26,27)/b16-11-. The Morgan fingerprint density at radius 2 is 1.86 bits per heavy atom. The van der Waals surface area contributed by atoms with Crippen LogP contribution in [0.2, 0.25) is 5.02 Å². The molecule has 6 nitrogen and oxygen atoms in total. The highest BCUT2D eigenvalue weighted by Gasteiger charge is 2.32. The molecular formula is C20H15ClN2O4S2. The average molecular weight is 447 g/mol. The number of carboxylic acids is 1. The smallest absolute Gasteiger partial charge is 0.337 e. The van der Waals surface area contributed by atoms with E-state index < -0.39 is 11.9 Å². The van der Waals surface area contributed by atoms with E-state index in [2.05, 4.69) is 5.32 Å². The third-order valence-corrected chi connectivity index (χ3v) is 5.78. The van der Waals surface area contributed by atoms with Crippen molar-refractivity contribution in [1.82, 2.24) is 4.90 Å². The van der Waals surface area contributed by atoms with E-state index in [4.69, 9.17) is 23.8 Å². The van der Waals surface area contributed by atoms with E-state index in [0.29, 0.717) is 19.8 Å². The zero-order valence-corrected chi connectivity index (χ0v) is 17.3. The van der Waals surface area contributed by atoms with Crippen LogP contribution in [0.1, 0.15) is 22.3 Å². The number of hydrogen-bond donors (Lipinski definition) is 2. The van der Waals surface area contributed by atoms with E-state index in [-0.39, 0.29) is 30.1 Å². The molecule has 1 aliphatic rings. The van der Waals surface area contributed by atoms with Crippen LogP contribution < -0.4 is 5.32 Å². The Bertz CT molecular complexity index is 1040. The molecule has 1 aliphatic heterocycles. The molecule has 148 valence electrons. The van der Waals surface area contributed by atoms with Gasteiger partial charge in [-0.3, -0.25) is 14.5 Å². The second kappa shape index (κ2) is 9.21. The minimum absolute atomic E-state index is 0.00543. The highest BCUT2D eigenvalue weighted by molar-refractivity contribution is 8.26. The normalized spacial score (nSPS) is 15.1. The van der Waals surface area contributed by atoms with Crippen LogP contribution in [0.15, 0.2) is 53.4 Å². The number of carbonyl (C=O) groups excluding carboxylic acids is 2. The predicted molar refractivity (Wildman–Crippen MR) is 118 cm³/mol. The number of amides is 2. The Labute approximate surface area is 181 Å². The van der Waals surface area contributed by atoms with Crippen LogP contribution in [0.25, 0.3) is 6.08 Å². The van der Waals surface area contributed by atoms with E-state index >= 15 is 0 Å². The van der Waals surface area contributed by atoms with Crippen molar-refractivity contribution >= 4 is 69.4 Å². The number of anilines is 1. The molecule has 1 heterocycles. The Morgan fingerprint density at radius 3 is 2.59 bits per heavy atom. The van der Waals surface area contributed by atoms with Crippen LogP contribution in [0, 0.1) is 0 Å². The van der Waals surface area contributed by atoms with Crippen molar-refractivity contribution < 1.29 is 19.5 Å². The molecule has 0 unspecified atom stereocenters. The van der Waals surface area contributed by atoms with E-state index in [1.807, 2.05) is 6.07 Å². The van der Waals surface area contributed by atoms with Gasteiger partial charge < -0.3 is 10.4 Å². The zero-order chi connectivity index (χ0) is 21.0. The Balaban J connectivity index is 1.65. The molecule has 0 spiro atoms. The monoisotopic (exact) mass is 446 g/mol. The fourth-order valence-electron chi connectivity index (χ4n) is 2.63. The van der Waals surface area contributed by atoms with Crippen molar-refractivity contribution in [2.45, 2.75) is 6.42 Å².